The van der Waals surface area contributed by atoms with Crippen LogP contribution in [0.4, 0.5) is 0 Å². The highest BCUT2D eigenvalue weighted by molar-refractivity contribution is 5.66. The molecule has 2 unspecified atom stereocenters. The summed E-state index contributed by atoms with van der Waals surface area (Å²) >= 11 is 0. The van der Waals surface area contributed by atoms with Gasteiger partial charge in [-0.1, -0.05) is 77.6 Å². The molecule has 0 radical (unpaired) electrons. The van der Waals surface area contributed by atoms with Crippen LogP contribution in [0, 0.1) is 11.8 Å². The molecule has 118 valence electrons. The van der Waals surface area contributed by atoms with Gasteiger partial charge in [0, 0.05) is 6.42 Å². The Labute approximate surface area is 125 Å². The van der Waals surface area contributed by atoms with Gasteiger partial charge in [0.1, 0.15) is 0 Å². The van der Waals surface area contributed by atoms with Gasteiger partial charge in [0.05, 0.1) is 0 Å². The van der Waals surface area contributed by atoms with Crippen molar-refractivity contribution in [3.63, 3.8) is 0 Å². The Morgan fingerprint density at radius 3 is 2.05 bits per heavy atom. The lowest BCUT2D eigenvalue weighted by Crippen LogP contribution is -2.19. The number of unbranched alkanes of at least 4 members (excludes halogenated alkanes) is 5. The number of hydrogen-bond acceptors (Lipinski definition) is 1. The fourth-order valence-electron chi connectivity index (χ4n) is 3.75. The summed E-state index contributed by atoms with van der Waals surface area (Å²) in [6.07, 6.45) is 17.6. The molecule has 0 spiro atoms. The third kappa shape index (κ3) is 7.91. The van der Waals surface area contributed by atoms with Gasteiger partial charge in [0.2, 0.25) is 0 Å². The average Bonchev–Trinajstić information content (AvgIpc) is 2.44. The topological polar surface area (TPSA) is 37.3 Å². The average molecular weight is 282 g/mol. The Morgan fingerprint density at radius 2 is 1.45 bits per heavy atom. The fraction of sp³-hybridized carbons (Fsp3) is 0.944. The summed E-state index contributed by atoms with van der Waals surface area (Å²) in [5, 5.41) is 8.75. The summed E-state index contributed by atoms with van der Waals surface area (Å²) < 4.78 is 0. The molecule has 20 heavy (non-hydrogen) atoms. The number of aliphatic carboxylic acids is 1. The predicted molar refractivity (Wildman–Crippen MR) is 84.9 cm³/mol. The van der Waals surface area contributed by atoms with Gasteiger partial charge in [-0.05, 0) is 24.7 Å². The molecule has 0 amide bonds. The van der Waals surface area contributed by atoms with Crippen molar-refractivity contribution in [2.45, 2.75) is 96.8 Å². The van der Waals surface area contributed by atoms with Gasteiger partial charge in [-0.25, -0.2) is 0 Å². The minimum Gasteiger partial charge on any atom is -0.481 e. The highest BCUT2D eigenvalue weighted by Crippen LogP contribution is 2.36. The lowest BCUT2D eigenvalue weighted by Gasteiger charge is -2.31. The lowest BCUT2D eigenvalue weighted by atomic mass is 9.74. The Morgan fingerprint density at radius 1 is 0.900 bits per heavy atom. The molecular formula is C18H34O2. The molecule has 1 saturated carbocycles. The highest BCUT2D eigenvalue weighted by Gasteiger charge is 2.24. The molecule has 1 fully saturated rings. The second-order valence-corrected chi connectivity index (χ2v) is 6.65. The molecule has 1 N–H and O–H groups in total. The number of rotatable bonds is 11. The molecule has 2 nitrogen and oxygen atoms in total. The van der Waals surface area contributed by atoms with Crippen molar-refractivity contribution in [2.24, 2.45) is 11.8 Å². The summed E-state index contributed by atoms with van der Waals surface area (Å²) in [7, 11) is 0. The largest absolute Gasteiger partial charge is 0.481 e. The zero-order chi connectivity index (χ0) is 14.6. The van der Waals surface area contributed by atoms with Crippen LogP contribution in [0.25, 0.3) is 0 Å². The second kappa shape index (κ2) is 11.2. The predicted octanol–water partition coefficient (Wildman–Crippen LogP) is 5.80. The van der Waals surface area contributed by atoms with Gasteiger partial charge in [0.25, 0.3) is 0 Å². The summed E-state index contributed by atoms with van der Waals surface area (Å²) in [5.41, 5.74) is 0. The van der Waals surface area contributed by atoms with E-state index in [2.05, 4.69) is 6.92 Å². The first kappa shape index (κ1) is 17.5. The van der Waals surface area contributed by atoms with Crippen molar-refractivity contribution in [1.29, 1.82) is 0 Å². The third-order valence-electron chi connectivity index (χ3n) is 4.96. The summed E-state index contributed by atoms with van der Waals surface area (Å²) in [6, 6.07) is 0. The Balaban J connectivity index is 2.14. The molecule has 1 rings (SSSR count). The Kier molecular flexibility index (Phi) is 9.78. The quantitative estimate of drug-likeness (QED) is 0.486. The van der Waals surface area contributed by atoms with Crippen LogP contribution < -0.4 is 0 Å². The van der Waals surface area contributed by atoms with Crippen molar-refractivity contribution in [2.75, 3.05) is 0 Å². The maximum atomic E-state index is 10.6. The maximum Gasteiger partial charge on any atom is 0.303 e. The standard InChI is InChI=1S/C18H34O2/c1-2-3-4-5-6-7-11-16-12-8-9-13-17(16)14-10-15-18(19)20/h16-17H,2-15H2,1H3,(H,19,20). The first-order valence-corrected chi connectivity index (χ1v) is 8.95. The number of carboxylic acid groups (broad SMARTS) is 1. The molecule has 0 saturated heterocycles. The van der Waals surface area contributed by atoms with Gasteiger partial charge in [0.15, 0.2) is 0 Å². The lowest BCUT2D eigenvalue weighted by molar-refractivity contribution is -0.137. The molecule has 0 heterocycles. The van der Waals surface area contributed by atoms with E-state index in [9.17, 15) is 4.79 Å². The fourth-order valence-corrected chi connectivity index (χ4v) is 3.75. The van der Waals surface area contributed by atoms with Crippen LogP contribution in [0.1, 0.15) is 96.8 Å². The molecule has 0 aliphatic heterocycles. The van der Waals surface area contributed by atoms with Gasteiger partial charge >= 0.3 is 5.97 Å². The molecule has 0 bridgehead atoms. The third-order valence-corrected chi connectivity index (χ3v) is 4.96. The molecule has 0 aromatic rings. The van der Waals surface area contributed by atoms with Gasteiger partial charge < -0.3 is 5.11 Å². The summed E-state index contributed by atoms with van der Waals surface area (Å²) in [5.74, 6) is 1.08. The van der Waals surface area contributed by atoms with E-state index in [0.717, 1.165) is 24.7 Å². The SMILES string of the molecule is CCCCCCCCC1CCCCC1CCCC(=O)O. The number of carboxylic acids is 1. The van der Waals surface area contributed by atoms with E-state index in [1.165, 1.54) is 70.6 Å². The van der Waals surface area contributed by atoms with E-state index < -0.39 is 5.97 Å². The molecular weight excluding hydrogens is 248 g/mol. The molecule has 2 heteroatoms. The van der Waals surface area contributed by atoms with Crippen molar-refractivity contribution in [3.8, 4) is 0 Å². The van der Waals surface area contributed by atoms with Crippen LogP contribution in [0.2, 0.25) is 0 Å². The highest BCUT2D eigenvalue weighted by atomic mass is 16.4. The van der Waals surface area contributed by atoms with Gasteiger partial charge in [-0.2, -0.15) is 0 Å². The van der Waals surface area contributed by atoms with Crippen LogP contribution >= 0.6 is 0 Å². The molecule has 1 aliphatic carbocycles. The monoisotopic (exact) mass is 282 g/mol. The van der Waals surface area contributed by atoms with Gasteiger partial charge in [-0.15, -0.1) is 0 Å². The summed E-state index contributed by atoms with van der Waals surface area (Å²) in [6.45, 7) is 2.27. The van der Waals surface area contributed by atoms with Crippen LogP contribution in [0.3, 0.4) is 0 Å². The van der Waals surface area contributed by atoms with E-state index in [1.54, 1.807) is 0 Å². The number of hydrogen-bond donors (Lipinski definition) is 1. The van der Waals surface area contributed by atoms with Crippen LogP contribution in [0.5, 0.6) is 0 Å². The molecule has 0 aromatic carbocycles. The van der Waals surface area contributed by atoms with Crippen molar-refractivity contribution in [3.05, 3.63) is 0 Å². The molecule has 0 aromatic heterocycles. The summed E-state index contributed by atoms with van der Waals surface area (Å²) in [4.78, 5) is 10.6. The molecule has 1 aliphatic rings. The minimum atomic E-state index is -0.631. The van der Waals surface area contributed by atoms with E-state index >= 15 is 0 Å². The van der Waals surface area contributed by atoms with Crippen molar-refractivity contribution >= 4 is 5.97 Å². The van der Waals surface area contributed by atoms with Crippen molar-refractivity contribution in [1.82, 2.24) is 0 Å². The zero-order valence-electron chi connectivity index (χ0n) is 13.4. The van der Waals surface area contributed by atoms with E-state index in [1.807, 2.05) is 0 Å². The Bertz CT molecular complexity index is 250. The maximum absolute atomic E-state index is 10.6. The first-order valence-electron chi connectivity index (χ1n) is 8.95. The Hall–Kier alpha value is -0.530. The number of carbonyl (C=O) groups is 1. The first-order chi connectivity index (χ1) is 9.74. The van der Waals surface area contributed by atoms with Gasteiger partial charge in [-0.3, -0.25) is 4.79 Å². The normalized spacial score (nSPS) is 22.9. The van der Waals surface area contributed by atoms with E-state index in [0.29, 0.717) is 6.42 Å². The molecule has 2 atom stereocenters. The van der Waals surface area contributed by atoms with Crippen molar-refractivity contribution < 1.29 is 9.90 Å². The van der Waals surface area contributed by atoms with Crippen LogP contribution in [-0.2, 0) is 4.79 Å². The van der Waals surface area contributed by atoms with E-state index in [-0.39, 0.29) is 0 Å². The zero-order valence-corrected chi connectivity index (χ0v) is 13.4. The minimum absolute atomic E-state index is 0.361. The van der Waals surface area contributed by atoms with E-state index in [4.69, 9.17) is 5.11 Å². The smallest absolute Gasteiger partial charge is 0.303 e. The van der Waals surface area contributed by atoms with Crippen LogP contribution in [-0.4, -0.2) is 11.1 Å². The second-order valence-electron chi connectivity index (χ2n) is 6.65. The van der Waals surface area contributed by atoms with Crippen LogP contribution in [0.15, 0.2) is 0 Å².